The Hall–Kier alpha value is -1.28. The van der Waals surface area contributed by atoms with Crippen LogP contribution in [0.5, 0.6) is 0 Å². The Morgan fingerprint density at radius 1 is 1.28 bits per heavy atom. The van der Waals surface area contributed by atoms with E-state index in [4.69, 9.17) is 11.6 Å². The van der Waals surface area contributed by atoms with Crippen molar-refractivity contribution in [1.29, 1.82) is 0 Å². The first-order chi connectivity index (χ1) is 8.69. The number of nitrogens with zero attached hydrogens (tertiary/aromatic N) is 2. The maximum absolute atomic E-state index is 6.10. The molecular weight excluding hydrogens is 244 g/mol. The molecule has 1 atom stereocenters. The normalized spacial score (nSPS) is 12.6. The highest BCUT2D eigenvalue weighted by molar-refractivity contribution is 6.18. The molecule has 0 saturated heterocycles. The Kier molecular flexibility index (Phi) is 4.43. The molecule has 0 fully saturated rings. The van der Waals surface area contributed by atoms with Crippen LogP contribution in [0.2, 0.25) is 0 Å². The molecule has 0 radical (unpaired) electrons. The van der Waals surface area contributed by atoms with Gasteiger partial charge in [0.05, 0.1) is 6.20 Å². The van der Waals surface area contributed by atoms with Gasteiger partial charge < -0.3 is 0 Å². The fraction of sp³-hybridized carbons (Fsp3) is 0.400. The van der Waals surface area contributed by atoms with E-state index in [1.807, 2.05) is 17.9 Å². The zero-order chi connectivity index (χ0) is 13.0. The van der Waals surface area contributed by atoms with Gasteiger partial charge in [0, 0.05) is 19.1 Å². The molecular formula is C15H19ClN2. The van der Waals surface area contributed by atoms with Crippen LogP contribution in [-0.2, 0) is 19.9 Å². The molecule has 0 aliphatic carbocycles. The summed E-state index contributed by atoms with van der Waals surface area (Å²) >= 11 is 6.10. The Balaban J connectivity index is 2.04. The Morgan fingerprint density at radius 3 is 2.67 bits per heavy atom. The predicted octanol–water partition coefficient (Wildman–Crippen LogP) is 3.37. The lowest BCUT2D eigenvalue weighted by atomic mass is 9.93. The first-order valence-electron chi connectivity index (χ1n) is 6.27. The quantitative estimate of drug-likeness (QED) is 0.756. The van der Waals surface area contributed by atoms with Gasteiger partial charge in [0.2, 0.25) is 0 Å². The molecule has 0 aliphatic rings. The third-order valence-electron chi connectivity index (χ3n) is 3.27. The van der Waals surface area contributed by atoms with Gasteiger partial charge in [-0.3, -0.25) is 4.68 Å². The maximum Gasteiger partial charge on any atom is 0.0521 e. The van der Waals surface area contributed by atoms with Gasteiger partial charge in [0.15, 0.2) is 0 Å². The van der Waals surface area contributed by atoms with E-state index in [-0.39, 0.29) is 0 Å². The van der Waals surface area contributed by atoms with Gasteiger partial charge in [0.25, 0.3) is 0 Å². The van der Waals surface area contributed by atoms with E-state index in [0.717, 1.165) is 12.8 Å². The predicted molar refractivity (Wildman–Crippen MR) is 76.0 cm³/mol. The minimum absolute atomic E-state index is 0.469. The van der Waals surface area contributed by atoms with E-state index in [1.54, 1.807) is 0 Å². The highest BCUT2D eigenvalue weighted by Gasteiger charge is 2.12. The molecule has 2 rings (SSSR count). The molecule has 1 heterocycles. The lowest BCUT2D eigenvalue weighted by Crippen LogP contribution is -2.10. The van der Waals surface area contributed by atoms with Gasteiger partial charge >= 0.3 is 0 Å². The summed E-state index contributed by atoms with van der Waals surface area (Å²) in [6.45, 7) is 2.16. The Labute approximate surface area is 114 Å². The first-order valence-corrected chi connectivity index (χ1v) is 6.80. The summed E-state index contributed by atoms with van der Waals surface area (Å²) in [6.07, 6.45) is 6.02. The summed E-state index contributed by atoms with van der Waals surface area (Å²) < 4.78 is 1.84. The summed E-state index contributed by atoms with van der Waals surface area (Å²) in [6, 6.07) is 8.52. The van der Waals surface area contributed by atoms with Crippen molar-refractivity contribution in [3.05, 3.63) is 53.3 Å². The molecule has 0 amide bonds. The van der Waals surface area contributed by atoms with Crippen molar-refractivity contribution in [2.45, 2.75) is 19.8 Å². The van der Waals surface area contributed by atoms with Crippen molar-refractivity contribution < 1.29 is 0 Å². The van der Waals surface area contributed by atoms with Crippen molar-refractivity contribution in [1.82, 2.24) is 9.78 Å². The van der Waals surface area contributed by atoms with E-state index in [9.17, 15) is 0 Å². The molecule has 1 aromatic carbocycles. The summed E-state index contributed by atoms with van der Waals surface area (Å²) in [5.74, 6) is 1.15. The van der Waals surface area contributed by atoms with E-state index < -0.39 is 0 Å². The fourth-order valence-electron chi connectivity index (χ4n) is 2.24. The van der Waals surface area contributed by atoms with Crippen LogP contribution >= 0.6 is 11.6 Å². The fourth-order valence-corrected chi connectivity index (χ4v) is 2.46. The highest BCUT2D eigenvalue weighted by Crippen LogP contribution is 2.18. The number of alkyl halides is 1. The molecule has 2 aromatic rings. The maximum atomic E-state index is 6.10. The lowest BCUT2D eigenvalue weighted by Gasteiger charge is -2.14. The smallest absolute Gasteiger partial charge is 0.0521 e. The minimum Gasteiger partial charge on any atom is -0.276 e. The SMILES string of the molecule is Cc1ccccc1CC(CCl)Cc1cnn(C)c1. The average Bonchev–Trinajstić information content (AvgIpc) is 2.76. The topological polar surface area (TPSA) is 17.8 Å². The van der Waals surface area contributed by atoms with E-state index in [2.05, 4.69) is 42.5 Å². The average molecular weight is 263 g/mol. The standard InChI is InChI=1S/C15H19ClN2/c1-12-5-3-4-6-15(12)8-13(9-16)7-14-10-17-18(2)11-14/h3-6,10-11,13H,7-9H2,1-2H3. The van der Waals surface area contributed by atoms with Crippen molar-refractivity contribution in [2.24, 2.45) is 13.0 Å². The summed E-state index contributed by atoms with van der Waals surface area (Å²) in [7, 11) is 1.94. The van der Waals surface area contributed by atoms with E-state index in [0.29, 0.717) is 11.8 Å². The second-order valence-electron chi connectivity index (χ2n) is 4.88. The molecule has 0 aliphatic heterocycles. The Bertz CT molecular complexity index is 505. The second-order valence-corrected chi connectivity index (χ2v) is 5.19. The first kappa shape index (κ1) is 13.2. The summed E-state index contributed by atoms with van der Waals surface area (Å²) in [5.41, 5.74) is 4.00. The van der Waals surface area contributed by atoms with Gasteiger partial charge in [-0.1, -0.05) is 24.3 Å². The van der Waals surface area contributed by atoms with Crippen LogP contribution in [0.1, 0.15) is 16.7 Å². The van der Waals surface area contributed by atoms with Crippen molar-refractivity contribution >= 4 is 11.6 Å². The molecule has 0 spiro atoms. The number of hydrogen-bond acceptors (Lipinski definition) is 1. The highest BCUT2D eigenvalue weighted by atomic mass is 35.5. The van der Waals surface area contributed by atoms with Crippen molar-refractivity contribution in [2.75, 3.05) is 5.88 Å². The molecule has 1 unspecified atom stereocenters. The van der Waals surface area contributed by atoms with Crippen LogP contribution in [0, 0.1) is 12.8 Å². The van der Waals surface area contributed by atoms with Gasteiger partial charge in [0.1, 0.15) is 0 Å². The number of halogens is 1. The van der Waals surface area contributed by atoms with E-state index in [1.165, 1.54) is 16.7 Å². The van der Waals surface area contributed by atoms with Gasteiger partial charge in [-0.15, -0.1) is 11.6 Å². The van der Waals surface area contributed by atoms with Crippen LogP contribution in [0.15, 0.2) is 36.7 Å². The lowest BCUT2D eigenvalue weighted by molar-refractivity contribution is 0.582. The number of hydrogen-bond donors (Lipinski definition) is 0. The molecule has 96 valence electrons. The second kappa shape index (κ2) is 6.05. The van der Waals surface area contributed by atoms with E-state index >= 15 is 0 Å². The molecule has 0 saturated carbocycles. The largest absolute Gasteiger partial charge is 0.276 e. The molecule has 18 heavy (non-hydrogen) atoms. The van der Waals surface area contributed by atoms with Crippen molar-refractivity contribution in [3.63, 3.8) is 0 Å². The third-order valence-corrected chi connectivity index (χ3v) is 3.71. The van der Waals surface area contributed by atoms with Gasteiger partial charge in [-0.2, -0.15) is 5.10 Å². The minimum atomic E-state index is 0.469. The Morgan fingerprint density at radius 2 is 2.06 bits per heavy atom. The van der Waals surface area contributed by atoms with Crippen LogP contribution in [0.3, 0.4) is 0 Å². The third kappa shape index (κ3) is 3.36. The van der Waals surface area contributed by atoms with Crippen LogP contribution in [0.4, 0.5) is 0 Å². The van der Waals surface area contributed by atoms with Gasteiger partial charge in [-0.25, -0.2) is 0 Å². The summed E-state index contributed by atoms with van der Waals surface area (Å²) in [4.78, 5) is 0. The van der Waals surface area contributed by atoms with Gasteiger partial charge in [-0.05, 0) is 42.4 Å². The van der Waals surface area contributed by atoms with Crippen LogP contribution in [0.25, 0.3) is 0 Å². The van der Waals surface area contributed by atoms with Crippen molar-refractivity contribution in [3.8, 4) is 0 Å². The summed E-state index contributed by atoms with van der Waals surface area (Å²) in [5, 5.41) is 4.20. The monoisotopic (exact) mass is 262 g/mol. The number of benzene rings is 1. The number of aryl methyl sites for hydroxylation is 2. The molecule has 3 heteroatoms. The molecule has 0 N–H and O–H groups in total. The molecule has 0 bridgehead atoms. The van der Waals surface area contributed by atoms with Crippen LogP contribution < -0.4 is 0 Å². The van der Waals surface area contributed by atoms with Crippen LogP contribution in [-0.4, -0.2) is 15.7 Å². The zero-order valence-corrected chi connectivity index (χ0v) is 11.7. The molecule has 1 aromatic heterocycles. The number of aromatic nitrogens is 2. The number of rotatable bonds is 5. The molecule has 2 nitrogen and oxygen atoms in total. The zero-order valence-electron chi connectivity index (χ0n) is 10.9.